The van der Waals surface area contributed by atoms with Crippen LogP contribution in [0.4, 0.5) is 13.2 Å². The summed E-state index contributed by atoms with van der Waals surface area (Å²) in [7, 11) is 0. The molecule has 0 aliphatic heterocycles. The predicted molar refractivity (Wildman–Crippen MR) is 106 cm³/mol. The first kappa shape index (κ1) is 20.0. The number of halogens is 3. The second-order valence-corrected chi connectivity index (χ2v) is 6.74. The molecule has 0 aliphatic rings. The molecule has 0 atom stereocenters. The number of benzene rings is 3. The average molecular weight is 384 g/mol. The van der Waals surface area contributed by atoms with Crippen molar-refractivity contribution in [3.63, 3.8) is 0 Å². The first-order valence-corrected chi connectivity index (χ1v) is 9.50. The highest BCUT2D eigenvalue weighted by atomic mass is 19.2. The van der Waals surface area contributed by atoms with Gasteiger partial charge in [-0.05, 0) is 47.7 Å². The van der Waals surface area contributed by atoms with Gasteiger partial charge in [-0.1, -0.05) is 56.7 Å². The fraction of sp³-hybridized carbons (Fsp3) is 0.250. The van der Waals surface area contributed by atoms with E-state index in [0.717, 1.165) is 18.4 Å². The van der Waals surface area contributed by atoms with Gasteiger partial charge in [0.05, 0.1) is 0 Å². The Kier molecular flexibility index (Phi) is 6.40. The van der Waals surface area contributed by atoms with Crippen molar-refractivity contribution in [3.05, 3.63) is 88.7 Å². The van der Waals surface area contributed by atoms with Gasteiger partial charge in [0.25, 0.3) is 0 Å². The van der Waals surface area contributed by atoms with E-state index in [1.165, 1.54) is 6.07 Å². The lowest BCUT2D eigenvalue weighted by Gasteiger charge is -2.11. The summed E-state index contributed by atoms with van der Waals surface area (Å²) < 4.78 is 48.3. The molecule has 1 nitrogen and oxygen atoms in total. The molecule has 0 radical (unpaired) electrons. The van der Waals surface area contributed by atoms with E-state index in [0.29, 0.717) is 28.9 Å². The number of rotatable bonds is 7. The third-order valence-corrected chi connectivity index (χ3v) is 4.77. The first-order valence-electron chi connectivity index (χ1n) is 9.50. The lowest BCUT2D eigenvalue weighted by molar-refractivity contribution is 0.300. The van der Waals surface area contributed by atoms with E-state index in [2.05, 4.69) is 0 Å². The maximum Gasteiger partial charge on any atom is 0.166 e. The quantitative estimate of drug-likeness (QED) is 0.432. The van der Waals surface area contributed by atoms with Crippen LogP contribution in [-0.2, 0) is 19.4 Å². The van der Waals surface area contributed by atoms with Crippen LogP contribution < -0.4 is 4.74 Å². The minimum Gasteiger partial charge on any atom is -0.489 e. The summed E-state index contributed by atoms with van der Waals surface area (Å²) in [5, 5.41) is 0. The second-order valence-electron chi connectivity index (χ2n) is 6.74. The summed E-state index contributed by atoms with van der Waals surface area (Å²) in [5.41, 5.74) is 2.57. The fourth-order valence-corrected chi connectivity index (χ4v) is 3.09. The molecule has 0 saturated carbocycles. The van der Waals surface area contributed by atoms with E-state index in [9.17, 15) is 13.2 Å². The predicted octanol–water partition coefficient (Wildman–Crippen LogP) is 6.86. The lowest BCUT2D eigenvalue weighted by atomic mass is 10.0. The SMILES string of the molecule is CCCc1ccc(-c2ccc(OCc3ccc(CC)cc3F)cc2)c(F)c1F. The number of hydrogen-bond donors (Lipinski definition) is 0. The van der Waals surface area contributed by atoms with E-state index in [-0.39, 0.29) is 18.0 Å². The van der Waals surface area contributed by atoms with Gasteiger partial charge < -0.3 is 4.74 Å². The van der Waals surface area contributed by atoms with E-state index < -0.39 is 11.6 Å². The van der Waals surface area contributed by atoms with Gasteiger partial charge >= 0.3 is 0 Å². The third-order valence-electron chi connectivity index (χ3n) is 4.77. The zero-order chi connectivity index (χ0) is 20.1. The van der Waals surface area contributed by atoms with Gasteiger partial charge in [0.2, 0.25) is 0 Å². The molecular formula is C24H23F3O. The molecule has 0 spiro atoms. The van der Waals surface area contributed by atoms with Crippen LogP contribution in [0.15, 0.2) is 54.6 Å². The molecule has 3 aromatic rings. The summed E-state index contributed by atoms with van der Waals surface area (Å²) in [5.74, 6) is -1.38. The minimum atomic E-state index is -0.835. The molecule has 0 fully saturated rings. The van der Waals surface area contributed by atoms with Crippen LogP contribution in [-0.4, -0.2) is 0 Å². The summed E-state index contributed by atoms with van der Waals surface area (Å²) in [6.45, 7) is 4.00. The van der Waals surface area contributed by atoms with E-state index in [4.69, 9.17) is 4.74 Å². The molecule has 0 amide bonds. The third kappa shape index (κ3) is 4.38. The van der Waals surface area contributed by atoms with Crippen LogP contribution in [0.5, 0.6) is 5.75 Å². The largest absolute Gasteiger partial charge is 0.489 e. The monoisotopic (exact) mass is 384 g/mol. The van der Waals surface area contributed by atoms with Crippen molar-refractivity contribution < 1.29 is 17.9 Å². The van der Waals surface area contributed by atoms with Crippen molar-refractivity contribution in [3.8, 4) is 16.9 Å². The molecule has 3 aromatic carbocycles. The van der Waals surface area contributed by atoms with Crippen LogP contribution in [0.3, 0.4) is 0 Å². The molecule has 0 aliphatic carbocycles. The smallest absolute Gasteiger partial charge is 0.166 e. The topological polar surface area (TPSA) is 9.23 Å². The fourth-order valence-electron chi connectivity index (χ4n) is 3.09. The summed E-state index contributed by atoms with van der Waals surface area (Å²) >= 11 is 0. The molecule has 0 aromatic heterocycles. The minimum absolute atomic E-state index is 0.101. The van der Waals surface area contributed by atoms with Crippen molar-refractivity contribution in [2.24, 2.45) is 0 Å². The van der Waals surface area contributed by atoms with Gasteiger partial charge in [-0.25, -0.2) is 13.2 Å². The number of ether oxygens (including phenoxy) is 1. The van der Waals surface area contributed by atoms with Crippen LogP contribution >= 0.6 is 0 Å². The normalized spacial score (nSPS) is 10.9. The Bertz CT molecular complexity index is 949. The van der Waals surface area contributed by atoms with Gasteiger partial charge in [-0.2, -0.15) is 0 Å². The highest BCUT2D eigenvalue weighted by Gasteiger charge is 2.14. The summed E-state index contributed by atoms with van der Waals surface area (Å²) in [6, 6.07) is 15.0. The maximum atomic E-state index is 14.4. The average Bonchev–Trinajstić information content (AvgIpc) is 2.71. The molecule has 0 unspecified atom stereocenters. The van der Waals surface area contributed by atoms with E-state index in [1.54, 1.807) is 42.5 Å². The van der Waals surface area contributed by atoms with Crippen LogP contribution in [0, 0.1) is 17.5 Å². The zero-order valence-corrected chi connectivity index (χ0v) is 16.1. The van der Waals surface area contributed by atoms with Crippen molar-refractivity contribution in [1.82, 2.24) is 0 Å². The lowest BCUT2D eigenvalue weighted by Crippen LogP contribution is -2.00. The Morgan fingerprint density at radius 2 is 1.50 bits per heavy atom. The highest BCUT2D eigenvalue weighted by Crippen LogP contribution is 2.28. The molecule has 0 bridgehead atoms. The molecule has 0 saturated heterocycles. The van der Waals surface area contributed by atoms with Crippen molar-refractivity contribution >= 4 is 0 Å². The molecule has 3 rings (SSSR count). The molecule has 0 heterocycles. The Labute approximate surface area is 163 Å². The maximum absolute atomic E-state index is 14.4. The molecule has 0 N–H and O–H groups in total. The number of aryl methyl sites for hydroxylation is 2. The van der Waals surface area contributed by atoms with Gasteiger partial charge in [-0.15, -0.1) is 0 Å². The van der Waals surface area contributed by atoms with Crippen molar-refractivity contribution in [1.29, 1.82) is 0 Å². The molecular weight excluding hydrogens is 361 g/mol. The zero-order valence-electron chi connectivity index (χ0n) is 16.1. The Hall–Kier alpha value is -2.75. The summed E-state index contributed by atoms with van der Waals surface area (Å²) in [6.07, 6.45) is 2.03. The van der Waals surface area contributed by atoms with Crippen molar-refractivity contribution in [2.45, 2.75) is 39.7 Å². The first-order chi connectivity index (χ1) is 13.5. The molecule has 4 heteroatoms. The van der Waals surface area contributed by atoms with Crippen molar-refractivity contribution in [2.75, 3.05) is 0 Å². The van der Waals surface area contributed by atoms with Gasteiger partial charge in [0.1, 0.15) is 18.2 Å². The van der Waals surface area contributed by atoms with Gasteiger partial charge in [0.15, 0.2) is 11.6 Å². The standard InChI is InChI=1S/C24H23F3O/c1-3-5-18-10-13-21(24(27)23(18)26)17-8-11-20(12-9-17)28-15-19-7-6-16(4-2)14-22(19)25/h6-14H,3-5,15H2,1-2H3. The van der Waals surface area contributed by atoms with Gasteiger partial charge in [0, 0.05) is 11.1 Å². The molecule has 146 valence electrons. The van der Waals surface area contributed by atoms with E-state index >= 15 is 0 Å². The van der Waals surface area contributed by atoms with Gasteiger partial charge in [-0.3, -0.25) is 0 Å². The van der Waals surface area contributed by atoms with Crippen LogP contribution in [0.1, 0.15) is 37.0 Å². The van der Waals surface area contributed by atoms with Crippen LogP contribution in [0.2, 0.25) is 0 Å². The Morgan fingerprint density at radius 3 is 2.14 bits per heavy atom. The van der Waals surface area contributed by atoms with Crippen LogP contribution in [0.25, 0.3) is 11.1 Å². The second kappa shape index (κ2) is 8.96. The van der Waals surface area contributed by atoms with E-state index in [1.807, 2.05) is 19.9 Å². The Balaban J connectivity index is 1.73. The Morgan fingerprint density at radius 1 is 0.786 bits per heavy atom. The highest BCUT2D eigenvalue weighted by molar-refractivity contribution is 5.65. The summed E-state index contributed by atoms with van der Waals surface area (Å²) in [4.78, 5) is 0. The number of hydrogen-bond acceptors (Lipinski definition) is 1. The molecule has 28 heavy (non-hydrogen) atoms.